The van der Waals surface area contributed by atoms with Crippen LogP contribution < -0.4 is 14.2 Å². The van der Waals surface area contributed by atoms with E-state index in [1.165, 1.54) is 17.6 Å². The standard InChI is InChI=1S/C16H9ClF2N2O3S2.C13H8BrN5O2S2/c17-9-1-2-10-15(5-9)25-8-16(10)26(22,23)21-13-6-12(19)14(7-11(13)18)24-4-3-20;14-11-5-4-7-10(6-15-13(7)16-11)23(20,21)19-9-3-1-2-8-12(9)18-22-17-8/h1-2,5-8,21H,4H2;1-6,19H,(H,15,16). The molecule has 0 bridgehead atoms. The molecule has 250 valence electrons. The summed E-state index contributed by atoms with van der Waals surface area (Å²) in [5.41, 5.74) is 1.51. The van der Waals surface area contributed by atoms with Crippen LogP contribution in [0.2, 0.25) is 5.02 Å². The van der Waals surface area contributed by atoms with E-state index in [1.54, 1.807) is 48.5 Å². The van der Waals surface area contributed by atoms with Gasteiger partial charge in [-0.05, 0) is 52.3 Å². The monoisotopic (exact) mass is 823 g/mol. The summed E-state index contributed by atoms with van der Waals surface area (Å²) < 4.78 is 97.5. The predicted octanol–water partition coefficient (Wildman–Crippen LogP) is 7.67. The number of nitrogens with one attached hydrogen (secondary N) is 3. The van der Waals surface area contributed by atoms with Gasteiger partial charge < -0.3 is 9.72 Å². The number of halogens is 4. The first-order valence-electron chi connectivity index (χ1n) is 13.4. The number of nitriles is 1. The lowest BCUT2D eigenvalue weighted by atomic mass is 10.3. The molecule has 0 fully saturated rings. The molecular weight excluding hydrogens is 808 g/mol. The van der Waals surface area contributed by atoms with E-state index in [2.05, 4.69) is 39.4 Å². The Morgan fingerprint density at radius 1 is 0.939 bits per heavy atom. The molecule has 0 aliphatic heterocycles. The summed E-state index contributed by atoms with van der Waals surface area (Å²) in [7, 11) is -7.94. The van der Waals surface area contributed by atoms with E-state index in [1.807, 2.05) is 4.72 Å². The van der Waals surface area contributed by atoms with Gasteiger partial charge in [-0.2, -0.15) is 14.0 Å². The number of H-pyrrole nitrogens is 1. The Morgan fingerprint density at radius 3 is 2.49 bits per heavy atom. The molecule has 0 saturated carbocycles. The zero-order valence-corrected chi connectivity index (χ0v) is 29.7. The molecule has 0 saturated heterocycles. The molecule has 0 aliphatic rings. The summed E-state index contributed by atoms with van der Waals surface area (Å²) in [6.07, 6.45) is 1.42. The van der Waals surface area contributed by atoms with Gasteiger partial charge in [-0.3, -0.25) is 9.44 Å². The van der Waals surface area contributed by atoms with Gasteiger partial charge in [0.25, 0.3) is 20.0 Å². The number of hydrogen-bond acceptors (Lipinski definition) is 11. The molecule has 0 aliphatic carbocycles. The third kappa shape index (κ3) is 7.29. The molecule has 0 atom stereocenters. The Labute approximate surface area is 297 Å². The molecule has 0 radical (unpaired) electrons. The van der Waals surface area contributed by atoms with E-state index in [4.69, 9.17) is 21.6 Å². The van der Waals surface area contributed by atoms with Gasteiger partial charge in [-0.25, -0.2) is 30.6 Å². The van der Waals surface area contributed by atoms with Crippen LogP contribution in [0.15, 0.2) is 86.6 Å². The molecule has 0 amide bonds. The van der Waals surface area contributed by atoms with Crippen LogP contribution in [-0.4, -0.2) is 42.2 Å². The van der Waals surface area contributed by atoms with E-state index in [9.17, 15) is 25.6 Å². The van der Waals surface area contributed by atoms with Crippen molar-refractivity contribution in [3.05, 3.63) is 93.5 Å². The summed E-state index contributed by atoms with van der Waals surface area (Å²) in [5, 5.41) is 11.2. The van der Waals surface area contributed by atoms with E-state index < -0.39 is 49.7 Å². The lowest BCUT2D eigenvalue weighted by Gasteiger charge is -2.11. The second-order valence-electron chi connectivity index (χ2n) is 9.78. The van der Waals surface area contributed by atoms with Gasteiger partial charge in [0, 0.05) is 44.2 Å². The zero-order chi connectivity index (χ0) is 34.9. The maximum absolute atomic E-state index is 14.1. The number of aromatic nitrogens is 4. The Hall–Kier alpha value is -4.45. The molecule has 7 rings (SSSR count). The highest BCUT2D eigenvalue weighted by Crippen LogP contribution is 2.34. The minimum Gasteiger partial charge on any atom is -0.476 e. The molecule has 0 unspecified atom stereocenters. The lowest BCUT2D eigenvalue weighted by molar-refractivity contribution is 0.344. The van der Waals surface area contributed by atoms with Crippen molar-refractivity contribution in [3.8, 4) is 11.8 Å². The lowest BCUT2D eigenvalue weighted by Crippen LogP contribution is -2.14. The van der Waals surface area contributed by atoms with Crippen LogP contribution in [0.3, 0.4) is 0 Å². The van der Waals surface area contributed by atoms with E-state index in [0.29, 0.717) is 59.6 Å². The molecule has 3 aromatic carbocycles. The van der Waals surface area contributed by atoms with Crippen molar-refractivity contribution in [2.45, 2.75) is 9.79 Å². The van der Waals surface area contributed by atoms with Gasteiger partial charge >= 0.3 is 0 Å². The summed E-state index contributed by atoms with van der Waals surface area (Å²) in [6.45, 7) is -0.467. The van der Waals surface area contributed by atoms with Crippen LogP contribution in [0.1, 0.15) is 0 Å². The largest absolute Gasteiger partial charge is 0.476 e. The maximum atomic E-state index is 14.1. The van der Waals surface area contributed by atoms with Crippen molar-refractivity contribution in [1.82, 2.24) is 18.7 Å². The van der Waals surface area contributed by atoms with Crippen LogP contribution in [0.5, 0.6) is 5.75 Å². The Bertz CT molecular complexity index is 2640. The van der Waals surface area contributed by atoms with E-state index in [-0.39, 0.29) is 9.79 Å². The number of hydrogen-bond donors (Lipinski definition) is 3. The Morgan fingerprint density at radius 2 is 1.69 bits per heavy atom. The third-order valence-corrected chi connectivity index (χ3v) is 11.8. The highest BCUT2D eigenvalue weighted by atomic mass is 79.9. The van der Waals surface area contributed by atoms with Gasteiger partial charge in [0.1, 0.15) is 37.1 Å². The normalized spacial score (nSPS) is 11.7. The van der Waals surface area contributed by atoms with Gasteiger partial charge in [0.2, 0.25) is 0 Å². The van der Waals surface area contributed by atoms with Gasteiger partial charge in [0.15, 0.2) is 24.0 Å². The molecule has 20 heteroatoms. The first-order valence-corrected chi connectivity index (χ1v) is 19.2. The number of benzene rings is 3. The van der Waals surface area contributed by atoms with Crippen molar-refractivity contribution in [2.24, 2.45) is 0 Å². The average molecular weight is 825 g/mol. The minimum atomic E-state index is -4.16. The molecule has 7 aromatic rings. The number of sulfonamides is 2. The molecule has 4 heterocycles. The van der Waals surface area contributed by atoms with Gasteiger partial charge in [-0.15, -0.1) is 11.3 Å². The Balaban J connectivity index is 0.000000171. The second kappa shape index (κ2) is 13.8. The number of nitrogens with zero attached hydrogens (tertiary/aromatic N) is 4. The number of thiophene rings is 1. The van der Waals surface area contributed by atoms with Gasteiger partial charge in [-0.1, -0.05) is 23.7 Å². The molecule has 49 heavy (non-hydrogen) atoms. The van der Waals surface area contributed by atoms with Crippen LogP contribution in [0.4, 0.5) is 20.2 Å². The zero-order valence-electron chi connectivity index (χ0n) is 24.1. The average Bonchev–Trinajstić information content (AvgIpc) is 3.81. The highest BCUT2D eigenvalue weighted by Gasteiger charge is 2.23. The number of aromatic amines is 1. The summed E-state index contributed by atoms with van der Waals surface area (Å²) in [4.78, 5) is 7.14. The second-order valence-corrected chi connectivity index (χ2v) is 15.8. The molecule has 0 spiro atoms. The van der Waals surface area contributed by atoms with Crippen molar-refractivity contribution in [3.63, 3.8) is 0 Å². The topological polar surface area (TPSA) is 180 Å². The number of rotatable bonds is 8. The fourth-order valence-corrected chi connectivity index (χ4v) is 9.41. The SMILES string of the molecule is N#CCOc1cc(F)c(NS(=O)(=O)c2csc3cc(Cl)ccc23)cc1F.O=S(=O)(Nc1cccc2nsnc12)c1c[nH]c2nc(Br)ccc12. The van der Waals surface area contributed by atoms with Crippen LogP contribution >= 0.6 is 50.6 Å². The molecule has 3 N–H and O–H groups in total. The number of pyridine rings is 1. The molecular formula is C29H17BrClF2N7O5S4. The number of ether oxygens (including phenoxy) is 1. The number of fused-ring (bicyclic) bond motifs is 3. The van der Waals surface area contributed by atoms with Crippen LogP contribution in [0.25, 0.3) is 32.2 Å². The molecule has 12 nitrogen and oxygen atoms in total. The van der Waals surface area contributed by atoms with Crippen molar-refractivity contribution < 1.29 is 30.4 Å². The summed E-state index contributed by atoms with van der Waals surface area (Å²) in [5.74, 6) is -2.52. The fraction of sp³-hybridized carbons (Fsp3) is 0.0345. The quantitative estimate of drug-likeness (QED) is 0.130. The Kier molecular flexibility index (Phi) is 9.70. The fourth-order valence-electron chi connectivity index (χ4n) is 4.48. The third-order valence-electron chi connectivity index (χ3n) is 6.64. The maximum Gasteiger partial charge on any atom is 0.264 e. The highest BCUT2D eigenvalue weighted by molar-refractivity contribution is 9.10. The van der Waals surface area contributed by atoms with Crippen molar-refractivity contribution in [1.29, 1.82) is 5.26 Å². The van der Waals surface area contributed by atoms with Crippen molar-refractivity contribution in [2.75, 3.05) is 16.1 Å². The smallest absolute Gasteiger partial charge is 0.264 e. The summed E-state index contributed by atoms with van der Waals surface area (Å²) >= 11 is 11.3. The van der Waals surface area contributed by atoms with Crippen LogP contribution in [0, 0.1) is 23.0 Å². The van der Waals surface area contributed by atoms with E-state index in [0.717, 1.165) is 23.1 Å². The summed E-state index contributed by atoms with van der Waals surface area (Å²) in [6, 6.07) is 16.2. The first kappa shape index (κ1) is 34.4. The molecule has 4 aromatic heterocycles. The first-order chi connectivity index (χ1) is 23.4. The minimum absolute atomic E-state index is 0.0706. The van der Waals surface area contributed by atoms with Crippen LogP contribution in [-0.2, 0) is 20.0 Å². The van der Waals surface area contributed by atoms with Crippen molar-refractivity contribution >= 4 is 114 Å². The predicted molar refractivity (Wildman–Crippen MR) is 187 cm³/mol. The van der Waals surface area contributed by atoms with Gasteiger partial charge in [0.05, 0.1) is 23.1 Å². The van der Waals surface area contributed by atoms with E-state index >= 15 is 0 Å². The number of anilines is 2.